The van der Waals surface area contributed by atoms with Gasteiger partial charge in [-0.2, -0.15) is 5.10 Å². The molecule has 1 saturated heterocycles. The van der Waals surface area contributed by atoms with E-state index >= 15 is 0 Å². The summed E-state index contributed by atoms with van der Waals surface area (Å²) in [6.07, 6.45) is 1.71. The third-order valence-electron chi connectivity index (χ3n) is 3.40. The molecule has 0 radical (unpaired) electrons. The van der Waals surface area contributed by atoms with E-state index in [-0.39, 0.29) is 35.9 Å². The molecule has 7 heteroatoms. The van der Waals surface area contributed by atoms with Crippen molar-refractivity contribution in [2.75, 3.05) is 24.6 Å². The summed E-state index contributed by atoms with van der Waals surface area (Å²) in [5.41, 5.74) is 1.09. The Morgan fingerprint density at radius 1 is 1.25 bits per heavy atom. The molecule has 1 aromatic rings. The fourth-order valence-corrected chi connectivity index (χ4v) is 3.49. The number of rotatable bonds is 1. The Morgan fingerprint density at radius 2 is 1.80 bits per heavy atom. The molecule has 112 valence electrons. The summed E-state index contributed by atoms with van der Waals surface area (Å²) in [7, 11) is -1.20. The van der Waals surface area contributed by atoms with Crippen molar-refractivity contribution < 1.29 is 13.2 Å². The Labute approximate surface area is 119 Å². The molecule has 0 atom stereocenters. The number of amides is 1. The molecule has 1 aliphatic rings. The van der Waals surface area contributed by atoms with E-state index in [1.807, 2.05) is 20.8 Å². The minimum absolute atomic E-state index is 0.0455. The lowest BCUT2D eigenvalue weighted by Crippen LogP contribution is -2.44. The maximum Gasteiger partial charge on any atom is 0.257 e. The predicted molar refractivity (Wildman–Crippen MR) is 76.5 cm³/mol. The topological polar surface area (TPSA) is 72.3 Å². The van der Waals surface area contributed by atoms with Gasteiger partial charge in [-0.05, 0) is 0 Å². The zero-order valence-corrected chi connectivity index (χ0v) is 13.2. The van der Waals surface area contributed by atoms with Crippen molar-refractivity contribution in [3.8, 4) is 0 Å². The smallest absolute Gasteiger partial charge is 0.257 e. The van der Waals surface area contributed by atoms with E-state index in [9.17, 15) is 13.2 Å². The van der Waals surface area contributed by atoms with Crippen LogP contribution >= 0.6 is 0 Å². The van der Waals surface area contributed by atoms with Crippen LogP contribution in [-0.2, 0) is 22.3 Å². The van der Waals surface area contributed by atoms with Crippen LogP contribution in [0.25, 0.3) is 0 Å². The van der Waals surface area contributed by atoms with Crippen LogP contribution in [0.15, 0.2) is 6.20 Å². The van der Waals surface area contributed by atoms with Crippen molar-refractivity contribution in [1.82, 2.24) is 14.7 Å². The van der Waals surface area contributed by atoms with Crippen LogP contribution in [0, 0.1) is 0 Å². The molecule has 2 rings (SSSR count). The SMILES string of the molecule is Cn1cc(C(=O)N2CCS(=O)(=O)CC2)c(C(C)(C)C)n1. The molecule has 0 unspecified atom stereocenters. The van der Waals surface area contributed by atoms with E-state index in [1.165, 1.54) is 0 Å². The van der Waals surface area contributed by atoms with Gasteiger partial charge in [0.15, 0.2) is 9.84 Å². The Morgan fingerprint density at radius 3 is 2.30 bits per heavy atom. The van der Waals surface area contributed by atoms with Crippen molar-refractivity contribution in [3.63, 3.8) is 0 Å². The first kappa shape index (κ1) is 15.0. The van der Waals surface area contributed by atoms with Crippen molar-refractivity contribution >= 4 is 15.7 Å². The van der Waals surface area contributed by atoms with E-state index in [4.69, 9.17) is 0 Å². The number of hydrogen-bond donors (Lipinski definition) is 0. The minimum Gasteiger partial charge on any atom is -0.337 e. The van der Waals surface area contributed by atoms with Gasteiger partial charge in [-0.25, -0.2) is 8.42 Å². The molecule has 1 amide bonds. The van der Waals surface area contributed by atoms with Gasteiger partial charge >= 0.3 is 0 Å². The molecule has 1 aromatic heterocycles. The van der Waals surface area contributed by atoms with E-state index in [2.05, 4.69) is 5.10 Å². The summed E-state index contributed by atoms with van der Waals surface area (Å²) in [4.78, 5) is 14.2. The summed E-state index contributed by atoms with van der Waals surface area (Å²) in [5, 5.41) is 4.38. The fraction of sp³-hybridized carbons (Fsp3) is 0.692. The fourth-order valence-electron chi connectivity index (χ4n) is 2.28. The number of carbonyl (C=O) groups excluding carboxylic acids is 1. The molecule has 0 aliphatic carbocycles. The van der Waals surface area contributed by atoms with Crippen molar-refractivity contribution in [2.45, 2.75) is 26.2 Å². The quantitative estimate of drug-likeness (QED) is 0.761. The van der Waals surface area contributed by atoms with Gasteiger partial charge in [-0.15, -0.1) is 0 Å². The largest absolute Gasteiger partial charge is 0.337 e. The van der Waals surface area contributed by atoms with Crippen LogP contribution in [-0.4, -0.2) is 53.6 Å². The molecule has 1 fully saturated rings. The zero-order chi connectivity index (χ0) is 15.1. The second kappa shape index (κ2) is 4.87. The number of nitrogens with zero attached hydrogens (tertiary/aromatic N) is 3. The van der Waals surface area contributed by atoms with Gasteiger partial charge < -0.3 is 4.90 Å². The molecule has 6 nitrogen and oxygen atoms in total. The highest BCUT2D eigenvalue weighted by Gasteiger charge is 2.31. The first-order chi connectivity index (χ1) is 9.10. The zero-order valence-electron chi connectivity index (χ0n) is 12.4. The number of sulfone groups is 1. The third-order valence-corrected chi connectivity index (χ3v) is 5.01. The molecule has 0 spiro atoms. The molecular weight excluding hydrogens is 278 g/mol. The predicted octanol–water partition coefficient (Wildman–Crippen LogP) is 0.588. The third kappa shape index (κ3) is 3.03. The number of hydrogen-bond acceptors (Lipinski definition) is 4. The second-order valence-electron chi connectivity index (χ2n) is 6.26. The van der Waals surface area contributed by atoms with Crippen molar-refractivity contribution in [3.05, 3.63) is 17.5 Å². The highest BCUT2D eigenvalue weighted by Crippen LogP contribution is 2.25. The van der Waals surface area contributed by atoms with E-state index in [1.54, 1.807) is 22.8 Å². The minimum atomic E-state index is -2.98. The van der Waals surface area contributed by atoms with Crippen LogP contribution in [0.2, 0.25) is 0 Å². The summed E-state index contributed by atoms with van der Waals surface area (Å²) in [6, 6.07) is 0. The van der Waals surface area contributed by atoms with Gasteiger partial charge in [0.25, 0.3) is 5.91 Å². The maximum atomic E-state index is 12.6. The van der Waals surface area contributed by atoms with Gasteiger partial charge in [0, 0.05) is 31.7 Å². The van der Waals surface area contributed by atoms with Crippen LogP contribution in [0.1, 0.15) is 36.8 Å². The maximum absolute atomic E-state index is 12.6. The first-order valence-corrected chi connectivity index (χ1v) is 8.46. The summed E-state index contributed by atoms with van der Waals surface area (Å²) >= 11 is 0. The van der Waals surface area contributed by atoms with Gasteiger partial charge in [-0.1, -0.05) is 20.8 Å². The van der Waals surface area contributed by atoms with Gasteiger partial charge in [0.05, 0.1) is 22.8 Å². The summed E-state index contributed by atoms with van der Waals surface area (Å²) in [5.74, 6) is -0.0359. The molecule has 0 N–H and O–H groups in total. The molecule has 0 bridgehead atoms. The number of aryl methyl sites for hydroxylation is 1. The van der Waals surface area contributed by atoms with Crippen molar-refractivity contribution in [1.29, 1.82) is 0 Å². The lowest BCUT2D eigenvalue weighted by atomic mass is 9.89. The molecule has 0 aromatic carbocycles. The van der Waals surface area contributed by atoms with Crippen LogP contribution in [0.5, 0.6) is 0 Å². The van der Waals surface area contributed by atoms with Gasteiger partial charge in [0.1, 0.15) is 0 Å². The Balaban J connectivity index is 2.27. The first-order valence-electron chi connectivity index (χ1n) is 6.64. The Bertz CT molecular complexity index is 612. The molecule has 20 heavy (non-hydrogen) atoms. The highest BCUT2D eigenvalue weighted by molar-refractivity contribution is 7.91. The van der Waals surface area contributed by atoms with Gasteiger partial charge in [-0.3, -0.25) is 9.48 Å². The van der Waals surface area contributed by atoms with Crippen LogP contribution in [0.4, 0.5) is 0 Å². The highest BCUT2D eigenvalue weighted by atomic mass is 32.2. The molecule has 2 heterocycles. The summed E-state index contributed by atoms with van der Waals surface area (Å²) < 4.78 is 24.5. The van der Waals surface area contributed by atoms with E-state index in [0.717, 1.165) is 5.69 Å². The standard InChI is InChI=1S/C13H21N3O3S/c1-13(2,3)11-10(9-15(4)14-11)12(17)16-5-7-20(18,19)8-6-16/h9H,5-8H2,1-4H3. The number of aromatic nitrogens is 2. The lowest BCUT2D eigenvalue weighted by molar-refractivity contribution is 0.0767. The molecule has 0 saturated carbocycles. The lowest BCUT2D eigenvalue weighted by Gasteiger charge is -2.27. The van der Waals surface area contributed by atoms with Crippen molar-refractivity contribution in [2.24, 2.45) is 7.05 Å². The van der Waals surface area contributed by atoms with Gasteiger partial charge in [0.2, 0.25) is 0 Å². The second-order valence-corrected chi connectivity index (χ2v) is 8.56. The average Bonchev–Trinajstić information content (AvgIpc) is 2.70. The Kier molecular flexibility index (Phi) is 3.66. The number of carbonyl (C=O) groups is 1. The van der Waals surface area contributed by atoms with E-state index < -0.39 is 9.84 Å². The van der Waals surface area contributed by atoms with Crippen LogP contribution < -0.4 is 0 Å². The average molecular weight is 299 g/mol. The summed E-state index contributed by atoms with van der Waals surface area (Å²) in [6.45, 7) is 6.55. The molecule has 1 aliphatic heterocycles. The van der Waals surface area contributed by atoms with E-state index in [0.29, 0.717) is 5.56 Å². The Hall–Kier alpha value is -1.37. The molecular formula is C13H21N3O3S. The monoisotopic (exact) mass is 299 g/mol. The van der Waals surface area contributed by atoms with Crippen LogP contribution in [0.3, 0.4) is 0 Å². The normalized spacial score (nSPS) is 19.1.